The molecule has 5 rings (SSSR count). The Balaban J connectivity index is 1.21. The van der Waals surface area contributed by atoms with Gasteiger partial charge in [0.25, 0.3) is 5.91 Å². The summed E-state index contributed by atoms with van der Waals surface area (Å²) in [7, 11) is 0. The lowest BCUT2D eigenvalue weighted by Gasteiger charge is -2.47. The maximum absolute atomic E-state index is 12.8. The number of hydrogen-bond acceptors (Lipinski definition) is 5. The molecular weight excluding hydrogens is 382 g/mol. The van der Waals surface area contributed by atoms with Gasteiger partial charge in [0.05, 0.1) is 24.3 Å². The van der Waals surface area contributed by atoms with Gasteiger partial charge in [0.15, 0.2) is 0 Å². The van der Waals surface area contributed by atoms with E-state index in [0.717, 1.165) is 32.5 Å². The van der Waals surface area contributed by atoms with Gasteiger partial charge in [-0.3, -0.25) is 14.7 Å². The molecule has 0 atom stereocenters. The number of aromatic nitrogens is 1. The molecular formula is C23H25N3O2S. The number of fused-ring (bicyclic) bond motifs is 1. The number of carbonyl (C=O) groups is 1. The van der Waals surface area contributed by atoms with Crippen molar-refractivity contribution in [3.05, 3.63) is 65.3 Å². The second-order valence-corrected chi connectivity index (χ2v) is 9.19. The summed E-state index contributed by atoms with van der Waals surface area (Å²) in [5.74, 6) is 0.0634. The number of morpholine rings is 1. The van der Waals surface area contributed by atoms with Crippen LogP contribution in [0.4, 0.5) is 0 Å². The van der Waals surface area contributed by atoms with Crippen LogP contribution in [0.1, 0.15) is 28.1 Å². The number of benzene rings is 1. The third-order valence-electron chi connectivity index (χ3n) is 6.07. The van der Waals surface area contributed by atoms with Crippen molar-refractivity contribution in [2.24, 2.45) is 0 Å². The highest BCUT2D eigenvalue weighted by atomic mass is 32.1. The van der Waals surface area contributed by atoms with Crippen LogP contribution in [-0.2, 0) is 11.3 Å². The normalized spacial score (nSPS) is 19.7. The van der Waals surface area contributed by atoms with Crippen molar-refractivity contribution < 1.29 is 9.53 Å². The fraction of sp³-hybridized carbons (Fsp3) is 0.391. The number of amides is 1. The van der Waals surface area contributed by atoms with Crippen molar-refractivity contribution in [3.63, 3.8) is 0 Å². The minimum absolute atomic E-state index is 0.0634. The highest BCUT2D eigenvalue weighted by Gasteiger charge is 2.41. The van der Waals surface area contributed by atoms with Gasteiger partial charge in [-0.2, -0.15) is 0 Å². The molecule has 2 aliphatic rings. The molecule has 2 aromatic heterocycles. The summed E-state index contributed by atoms with van der Waals surface area (Å²) in [5, 5.41) is 1.33. The smallest absolute Gasteiger partial charge is 0.255 e. The van der Waals surface area contributed by atoms with E-state index in [2.05, 4.69) is 40.2 Å². The summed E-state index contributed by atoms with van der Waals surface area (Å²) in [5.41, 5.74) is 0.457. The first-order valence-corrected chi connectivity index (χ1v) is 11.1. The van der Waals surface area contributed by atoms with E-state index in [-0.39, 0.29) is 11.5 Å². The van der Waals surface area contributed by atoms with Crippen LogP contribution in [0.15, 0.2) is 54.9 Å². The Labute approximate surface area is 174 Å². The molecule has 0 N–H and O–H groups in total. The molecule has 2 fully saturated rings. The van der Waals surface area contributed by atoms with E-state index >= 15 is 0 Å². The SMILES string of the molecule is O=C(c1cccnc1)N1CCOC2(CCN(Cc3cc4ccccc4s3)CC2)C1. The van der Waals surface area contributed by atoms with Gasteiger partial charge >= 0.3 is 0 Å². The maximum atomic E-state index is 12.8. The summed E-state index contributed by atoms with van der Waals surface area (Å²) in [4.78, 5) is 22.8. The van der Waals surface area contributed by atoms with Gasteiger partial charge in [0.2, 0.25) is 0 Å². The molecule has 6 heteroatoms. The predicted molar refractivity (Wildman–Crippen MR) is 115 cm³/mol. The van der Waals surface area contributed by atoms with Gasteiger partial charge in [-0.1, -0.05) is 18.2 Å². The maximum Gasteiger partial charge on any atom is 0.255 e. The lowest BCUT2D eigenvalue weighted by atomic mass is 9.89. The molecule has 1 amide bonds. The number of nitrogens with zero attached hydrogens (tertiary/aromatic N) is 3. The number of rotatable bonds is 3. The topological polar surface area (TPSA) is 45.7 Å². The molecule has 29 heavy (non-hydrogen) atoms. The van der Waals surface area contributed by atoms with Gasteiger partial charge in [0.1, 0.15) is 0 Å². The van der Waals surface area contributed by atoms with Crippen molar-refractivity contribution in [3.8, 4) is 0 Å². The first-order valence-electron chi connectivity index (χ1n) is 10.2. The third-order valence-corrected chi connectivity index (χ3v) is 7.17. The Kier molecular flexibility index (Phi) is 5.08. The zero-order valence-corrected chi connectivity index (χ0v) is 17.2. The monoisotopic (exact) mass is 407 g/mol. The molecule has 3 aromatic rings. The minimum atomic E-state index is -0.202. The second-order valence-electron chi connectivity index (χ2n) is 8.03. The Bertz CT molecular complexity index is 963. The van der Waals surface area contributed by atoms with Crippen LogP contribution in [-0.4, -0.2) is 59.1 Å². The highest BCUT2D eigenvalue weighted by Crippen LogP contribution is 2.33. The van der Waals surface area contributed by atoms with E-state index in [1.54, 1.807) is 12.4 Å². The summed E-state index contributed by atoms with van der Waals surface area (Å²) in [6.45, 7) is 4.95. The standard InChI is InChI=1S/C23H25N3O2S/c27-22(19-5-3-9-24-15-19)26-12-13-28-23(17-26)7-10-25(11-8-23)16-20-14-18-4-1-2-6-21(18)29-20/h1-6,9,14-15H,7-8,10-13,16-17H2. The predicted octanol–water partition coefficient (Wildman–Crippen LogP) is 3.80. The molecule has 2 aliphatic heterocycles. The Hall–Kier alpha value is -2.28. The molecule has 1 spiro atoms. The summed E-state index contributed by atoms with van der Waals surface area (Å²) in [6, 6.07) is 14.5. The van der Waals surface area contributed by atoms with E-state index < -0.39 is 0 Å². The van der Waals surface area contributed by atoms with Crippen LogP contribution in [0.5, 0.6) is 0 Å². The van der Waals surface area contributed by atoms with Crippen molar-refractivity contribution in [2.75, 3.05) is 32.8 Å². The molecule has 2 saturated heterocycles. The summed E-state index contributed by atoms with van der Waals surface area (Å²) >= 11 is 1.89. The average Bonchev–Trinajstić information content (AvgIpc) is 3.18. The molecule has 0 bridgehead atoms. The second kappa shape index (κ2) is 7.86. The van der Waals surface area contributed by atoms with E-state index in [0.29, 0.717) is 25.3 Å². The Morgan fingerprint density at radius 3 is 2.79 bits per heavy atom. The third kappa shape index (κ3) is 3.92. The molecule has 1 aromatic carbocycles. The first-order chi connectivity index (χ1) is 14.2. The number of thiophene rings is 1. The van der Waals surface area contributed by atoms with Crippen LogP contribution in [0, 0.1) is 0 Å². The number of carbonyl (C=O) groups excluding carboxylic acids is 1. The van der Waals surface area contributed by atoms with Crippen LogP contribution >= 0.6 is 11.3 Å². The van der Waals surface area contributed by atoms with Gasteiger partial charge in [0, 0.05) is 48.1 Å². The Morgan fingerprint density at radius 2 is 2.00 bits per heavy atom. The van der Waals surface area contributed by atoms with E-state index in [1.807, 2.05) is 28.4 Å². The minimum Gasteiger partial charge on any atom is -0.371 e. The number of likely N-dealkylation sites (tertiary alicyclic amines) is 1. The number of piperidine rings is 1. The largest absolute Gasteiger partial charge is 0.371 e. The van der Waals surface area contributed by atoms with Crippen molar-refractivity contribution in [2.45, 2.75) is 25.0 Å². The van der Waals surface area contributed by atoms with E-state index in [1.165, 1.54) is 15.0 Å². The van der Waals surface area contributed by atoms with E-state index in [4.69, 9.17) is 4.74 Å². The van der Waals surface area contributed by atoms with Crippen molar-refractivity contribution >= 4 is 27.3 Å². The fourth-order valence-electron chi connectivity index (χ4n) is 4.45. The number of ether oxygens (including phenoxy) is 1. The van der Waals surface area contributed by atoms with Gasteiger partial charge < -0.3 is 9.64 Å². The average molecular weight is 408 g/mol. The van der Waals surface area contributed by atoms with Crippen molar-refractivity contribution in [1.29, 1.82) is 0 Å². The molecule has 4 heterocycles. The van der Waals surface area contributed by atoms with Crippen molar-refractivity contribution in [1.82, 2.24) is 14.8 Å². The van der Waals surface area contributed by atoms with Gasteiger partial charge in [-0.15, -0.1) is 11.3 Å². The molecule has 0 aliphatic carbocycles. The molecule has 150 valence electrons. The first kappa shape index (κ1) is 18.7. The zero-order chi connectivity index (χ0) is 19.7. The summed E-state index contributed by atoms with van der Waals surface area (Å²) in [6.07, 6.45) is 5.28. The fourth-order valence-corrected chi connectivity index (χ4v) is 5.55. The molecule has 5 nitrogen and oxygen atoms in total. The van der Waals surface area contributed by atoms with Crippen LogP contribution in [0.2, 0.25) is 0 Å². The number of hydrogen-bond donors (Lipinski definition) is 0. The van der Waals surface area contributed by atoms with Gasteiger partial charge in [-0.25, -0.2) is 0 Å². The van der Waals surface area contributed by atoms with Crippen LogP contribution < -0.4 is 0 Å². The highest BCUT2D eigenvalue weighted by molar-refractivity contribution is 7.19. The summed E-state index contributed by atoms with van der Waals surface area (Å²) < 4.78 is 7.59. The molecule has 0 unspecified atom stereocenters. The Morgan fingerprint density at radius 1 is 1.14 bits per heavy atom. The van der Waals surface area contributed by atoms with Gasteiger partial charge in [-0.05, 0) is 42.5 Å². The van der Waals surface area contributed by atoms with E-state index in [9.17, 15) is 4.79 Å². The zero-order valence-electron chi connectivity index (χ0n) is 16.4. The number of pyridine rings is 1. The lowest BCUT2D eigenvalue weighted by Crippen LogP contribution is -2.57. The molecule has 0 saturated carbocycles. The quantitative estimate of drug-likeness (QED) is 0.662. The van der Waals surface area contributed by atoms with Crippen LogP contribution in [0.3, 0.4) is 0 Å². The molecule has 0 radical (unpaired) electrons. The van der Waals surface area contributed by atoms with Crippen LogP contribution in [0.25, 0.3) is 10.1 Å². The lowest BCUT2D eigenvalue weighted by molar-refractivity contribution is -0.127.